The molecule has 1 rings (SSSR count). The highest BCUT2D eigenvalue weighted by atomic mass is 16.5. The van der Waals surface area contributed by atoms with Crippen molar-refractivity contribution in [2.24, 2.45) is 11.7 Å². The zero-order valence-corrected chi connectivity index (χ0v) is 12.2. The van der Waals surface area contributed by atoms with Crippen LogP contribution in [0, 0.1) is 19.8 Å². The van der Waals surface area contributed by atoms with Gasteiger partial charge in [-0.2, -0.15) is 0 Å². The van der Waals surface area contributed by atoms with Gasteiger partial charge in [-0.1, -0.05) is 13.8 Å². The van der Waals surface area contributed by atoms with Gasteiger partial charge in [0.1, 0.15) is 5.69 Å². The Morgan fingerprint density at radius 1 is 1.32 bits per heavy atom. The molecule has 0 radical (unpaired) electrons. The summed E-state index contributed by atoms with van der Waals surface area (Å²) in [7, 11) is 0. The molecule has 1 amide bonds. The van der Waals surface area contributed by atoms with Crippen LogP contribution in [0.4, 0.5) is 0 Å². The lowest BCUT2D eigenvalue weighted by molar-refractivity contribution is 0.0524. The smallest absolute Gasteiger partial charge is 0.340 e. The Balaban J connectivity index is 3.42. The molecule has 2 N–H and O–H groups in total. The fraction of sp³-hybridized carbons (Fsp3) is 0.571. The number of hydrogen-bond acceptors (Lipinski definition) is 3. The summed E-state index contributed by atoms with van der Waals surface area (Å²) in [6.07, 6.45) is 0. The Morgan fingerprint density at radius 3 is 2.32 bits per heavy atom. The molecule has 1 aromatic heterocycles. The van der Waals surface area contributed by atoms with E-state index in [9.17, 15) is 9.59 Å². The van der Waals surface area contributed by atoms with Gasteiger partial charge in [0.05, 0.1) is 12.2 Å². The first-order valence-electron chi connectivity index (χ1n) is 6.47. The Hall–Kier alpha value is -1.78. The lowest BCUT2D eigenvalue weighted by Crippen LogP contribution is -2.20. The van der Waals surface area contributed by atoms with Crippen LogP contribution < -0.4 is 5.73 Å². The van der Waals surface area contributed by atoms with Crippen LogP contribution in [-0.2, 0) is 11.3 Å². The van der Waals surface area contributed by atoms with E-state index in [4.69, 9.17) is 10.5 Å². The van der Waals surface area contributed by atoms with E-state index in [2.05, 4.69) is 0 Å². The van der Waals surface area contributed by atoms with Crippen molar-refractivity contribution in [2.75, 3.05) is 6.61 Å². The summed E-state index contributed by atoms with van der Waals surface area (Å²) in [6.45, 7) is 10.3. The lowest BCUT2D eigenvalue weighted by Gasteiger charge is -2.12. The van der Waals surface area contributed by atoms with Gasteiger partial charge < -0.3 is 15.0 Å². The van der Waals surface area contributed by atoms with Crippen molar-refractivity contribution in [3.05, 3.63) is 22.5 Å². The van der Waals surface area contributed by atoms with Crippen molar-refractivity contribution in [1.29, 1.82) is 0 Å². The van der Waals surface area contributed by atoms with Crippen LogP contribution in [0.2, 0.25) is 0 Å². The van der Waals surface area contributed by atoms with Crippen molar-refractivity contribution >= 4 is 11.9 Å². The minimum absolute atomic E-state index is 0.305. The molecule has 0 aromatic carbocycles. The van der Waals surface area contributed by atoms with Crippen molar-refractivity contribution in [2.45, 2.75) is 41.2 Å². The van der Waals surface area contributed by atoms with E-state index in [0.717, 1.165) is 5.69 Å². The van der Waals surface area contributed by atoms with Gasteiger partial charge in [-0.15, -0.1) is 0 Å². The molecule has 0 aliphatic heterocycles. The van der Waals surface area contributed by atoms with Crippen LogP contribution in [0.3, 0.4) is 0 Å². The molecule has 0 saturated carbocycles. The Kier molecular flexibility index (Phi) is 4.75. The van der Waals surface area contributed by atoms with Crippen LogP contribution in [0.25, 0.3) is 0 Å². The summed E-state index contributed by atoms with van der Waals surface area (Å²) in [5.41, 5.74) is 7.62. The third kappa shape index (κ3) is 2.97. The summed E-state index contributed by atoms with van der Waals surface area (Å²) >= 11 is 0. The molecule has 0 aliphatic carbocycles. The Labute approximate surface area is 113 Å². The molecule has 0 aliphatic rings. The van der Waals surface area contributed by atoms with Gasteiger partial charge in [-0.25, -0.2) is 4.79 Å². The van der Waals surface area contributed by atoms with Gasteiger partial charge in [0.25, 0.3) is 5.91 Å². The molecule has 0 fully saturated rings. The standard InChI is InChI=1S/C14H22N2O3/c1-6-19-14(18)11-9(4)12(13(15)17)16(10(11)5)7-8(2)3/h8H,6-7H2,1-5H3,(H2,15,17). The zero-order chi connectivity index (χ0) is 14.7. The highest BCUT2D eigenvalue weighted by molar-refractivity contribution is 6.00. The SMILES string of the molecule is CCOC(=O)c1c(C)c(C(N)=O)n(CC(C)C)c1C. The predicted octanol–water partition coefficient (Wildman–Crippen LogP) is 2.04. The third-order valence-electron chi connectivity index (χ3n) is 3.03. The fourth-order valence-corrected chi connectivity index (χ4v) is 2.31. The van der Waals surface area contributed by atoms with E-state index in [1.807, 2.05) is 25.3 Å². The number of nitrogens with two attached hydrogens (primary N) is 1. The average Bonchev–Trinajstić information content (AvgIpc) is 2.50. The van der Waals surface area contributed by atoms with E-state index in [0.29, 0.717) is 35.9 Å². The van der Waals surface area contributed by atoms with Gasteiger partial charge in [0.2, 0.25) is 0 Å². The summed E-state index contributed by atoms with van der Waals surface area (Å²) in [5.74, 6) is -0.571. The van der Waals surface area contributed by atoms with Crippen molar-refractivity contribution in [1.82, 2.24) is 4.57 Å². The minimum atomic E-state index is -0.517. The lowest BCUT2D eigenvalue weighted by atomic mass is 10.1. The number of ether oxygens (including phenoxy) is 1. The molecule has 0 bridgehead atoms. The number of primary amides is 1. The molecule has 106 valence electrons. The highest BCUT2D eigenvalue weighted by Gasteiger charge is 2.26. The largest absolute Gasteiger partial charge is 0.462 e. The summed E-state index contributed by atoms with van der Waals surface area (Å²) < 4.78 is 6.85. The van der Waals surface area contributed by atoms with E-state index < -0.39 is 11.9 Å². The number of amides is 1. The second-order valence-corrected chi connectivity index (χ2v) is 5.02. The molecule has 1 heterocycles. The number of carbonyl (C=O) groups excluding carboxylic acids is 2. The molecular weight excluding hydrogens is 244 g/mol. The average molecular weight is 266 g/mol. The van der Waals surface area contributed by atoms with E-state index in [1.165, 1.54) is 0 Å². The van der Waals surface area contributed by atoms with Gasteiger partial charge >= 0.3 is 5.97 Å². The number of nitrogens with zero attached hydrogens (tertiary/aromatic N) is 1. The molecule has 5 nitrogen and oxygen atoms in total. The number of hydrogen-bond donors (Lipinski definition) is 1. The quantitative estimate of drug-likeness (QED) is 0.829. The summed E-state index contributed by atoms with van der Waals surface area (Å²) in [6, 6.07) is 0. The van der Waals surface area contributed by atoms with E-state index >= 15 is 0 Å². The first-order chi connectivity index (χ1) is 8.81. The second kappa shape index (κ2) is 5.91. The zero-order valence-electron chi connectivity index (χ0n) is 12.2. The third-order valence-corrected chi connectivity index (χ3v) is 3.03. The molecule has 0 spiro atoms. The topological polar surface area (TPSA) is 74.3 Å². The van der Waals surface area contributed by atoms with Crippen molar-refractivity contribution < 1.29 is 14.3 Å². The monoisotopic (exact) mass is 266 g/mol. The number of esters is 1. The van der Waals surface area contributed by atoms with Gasteiger partial charge in [0.15, 0.2) is 0 Å². The van der Waals surface area contributed by atoms with Crippen molar-refractivity contribution in [3.8, 4) is 0 Å². The van der Waals surface area contributed by atoms with E-state index in [-0.39, 0.29) is 0 Å². The maximum atomic E-state index is 12.0. The molecule has 0 atom stereocenters. The summed E-state index contributed by atoms with van der Waals surface area (Å²) in [4.78, 5) is 23.6. The second-order valence-electron chi connectivity index (χ2n) is 5.02. The molecule has 0 unspecified atom stereocenters. The Morgan fingerprint density at radius 2 is 1.89 bits per heavy atom. The van der Waals surface area contributed by atoms with E-state index in [1.54, 1.807) is 13.8 Å². The molecule has 1 aromatic rings. The normalized spacial score (nSPS) is 10.8. The van der Waals surface area contributed by atoms with Crippen LogP contribution in [0.5, 0.6) is 0 Å². The van der Waals surface area contributed by atoms with Crippen molar-refractivity contribution in [3.63, 3.8) is 0 Å². The van der Waals surface area contributed by atoms with Gasteiger partial charge in [-0.3, -0.25) is 4.79 Å². The van der Waals surface area contributed by atoms with Crippen LogP contribution in [-0.4, -0.2) is 23.1 Å². The maximum absolute atomic E-state index is 12.0. The molecular formula is C14H22N2O3. The van der Waals surface area contributed by atoms with Gasteiger partial charge in [-0.05, 0) is 32.3 Å². The van der Waals surface area contributed by atoms with Gasteiger partial charge in [0, 0.05) is 12.2 Å². The Bertz CT molecular complexity index is 501. The molecule has 0 saturated heterocycles. The minimum Gasteiger partial charge on any atom is -0.462 e. The predicted molar refractivity (Wildman–Crippen MR) is 73.2 cm³/mol. The molecule has 5 heteroatoms. The first kappa shape index (κ1) is 15.3. The molecule has 19 heavy (non-hydrogen) atoms. The maximum Gasteiger partial charge on any atom is 0.340 e. The highest BCUT2D eigenvalue weighted by Crippen LogP contribution is 2.24. The number of rotatable bonds is 5. The summed E-state index contributed by atoms with van der Waals surface area (Å²) in [5, 5.41) is 0. The number of carbonyl (C=O) groups is 2. The number of aromatic nitrogens is 1. The first-order valence-corrected chi connectivity index (χ1v) is 6.47. The fourth-order valence-electron chi connectivity index (χ4n) is 2.31. The van der Waals surface area contributed by atoms with Crippen LogP contribution in [0.1, 0.15) is 52.9 Å². The van der Waals surface area contributed by atoms with Crippen LogP contribution >= 0.6 is 0 Å². The van der Waals surface area contributed by atoms with Crippen LogP contribution in [0.15, 0.2) is 0 Å².